The number of oxime groups is 1. The lowest BCUT2D eigenvalue weighted by Gasteiger charge is -2.16. The topological polar surface area (TPSA) is 102 Å². The minimum absolute atomic E-state index is 0. The van der Waals surface area contributed by atoms with Crippen LogP contribution in [0, 0.1) is 0 Å². The van der Waals surface area contributed by atoms with E-state index >= 15 is 0 Å². The van der Waals surface area contributed by atoms with Crippen LogP contribution in [0.5, 0.6) is 0 Å². The average molecular weight is 375 g/mol. The third kappa shape index (κ3) is 2.57. The van der Waals surface area contributed by atoms with E-state index in [2.05, 4.69) is 15.4 Å². The fraction of sp³-hybridized carbons (Fsp3) is 0.429. The lowest BCUT2D eigenvalue weighted by atomic mass is 10.0. The Morgan fingerprint density at radius 3 is 2.50 bits per heavy atom. The van der Waals surface area contributed by atoms with Crippen LogP contribution < -0.4 is 5.32 Å². The molecule has 2 N–H and O–H groups in total. The Kier molecular flexibility index (Phi) is 4.91. The van der Waals surface area contributed by atoms with Gasteiger partial charge in [-0.25, -0.2) is 12.7 Å². The van der Waals surface area contributed by atoms with Crippen molar-refractivity contribution in [3.05, 3.63) is 22.8 Å². The Morgan fingerprint density at radius 2 is 1.96 bits per heavy atom. The molecule has 24 heavy (non-hydrogen) atoms. The van der Waals surface area contributed by atoms with Crippen LogP contribution in [0.15, 0.2) is 16.1 Å². The maximum Gasteiger partial charge on any atom is 0.278 e. The highest BCUT2D eigenvalue weighted by molar-refractivity contribution is 7.89. The highest BCUT2D eigenvalue weighted by Crippen LogP contribution is 2.40. The molecule has 3 rings (SSSR count). The van der Waals surface area contributed by atoms with E-state index in [1.54, 1.807) is 0 Å². The summed E-state index contributed by atoms with van der Waals surface area (Å²) in [6.45, 7) is 3.80. The molecule has 0 bridgehead atoms. The fourth-order valence-electron chi connectivity index (χ4n) is 2.98. The van der Waals surface area contributed by atoms with Crippen LogP contribution in [0.4, 0.5) is 5.69 Å². The number of carbonyl (C=O) groups excluding carboxylic acids is 1. The van der Waals surface area contributed by atoms with Crippen molar-refractivity contribution in [2.24, 2.45) is 5.16 Å². The van der Waals surface area contributed by atoms with E-state index in [4.69, 9.17) is 5.21 Å². The van der Waals surface area contributed by atoms with Crippen LogP contribution in [0.25, 0.3) is 0 Å². The molecule has 0 saturated heterocycles. The average Bonchev–Trinajstić information content (AvgIpc) is 3.05. The van der Waals surface area contributed by atoms with E-state index in [1.807, 2.05) is 6.92 Å². The van der Waals surface area contributed by atoms with Crippen LogP contribution in [0.1, 0.15) is 23.6 Å². The van der Waals surface area contributed by atoms with Crippen LogP contribution in [-0.2, 0) is 27.9 Å². The number of sulfonamides is 1. The van der Waals surface area contributed by atoms with Gasteiger partial charge in [0.1, 0.15) is 0 Å². The van der Waals surface area contributed by atoms with Crippen molar-refractivity contribution in [1.82, 2.24) is 9.21 Å². The summed E-state index contributed by atoms with van der Waals surface area (Å²) in [7, 11) is -0.745. The van der Waals surface area contributed by atoms with Crippen LogP contribution in [-0.4, -0.2) is 55.1 Å². The summed E-state index contributed by atoms with van der Waals surface area (Å²) in [5.74, 6) is -0.529. The largest absolute Gasteiger partial charge is 0.410 e. The summed E-state index contributed by atoms with van der Waals surface area (Å²) in [6, 6.07) is 1.43. The van der Waals surface area contributed by atoms with Crippen molar-refractivity contribution in [2.45, 2.75) is 24.9 Å². The van der Waals surface area contributed by atoms with Crippen molar-refractivity contribution >= 4 is 39.7 Å². The van der Waals surface area contributed by atoms with Gasteiger partial charge in [-0.15, -0.1) is 12.4 Å². The van der Waals surface area contributed by atoms with E-state index in [0.29, 0.717) is 29.9 Å². The van der Waals surface area contributed by atoms with Gasteiger partial charge in [0.25, 0.3) is 5.91 Å². The monoisotopic (exact) mass is 374 g/mol. The lowest BCUT2D eigenvalue weighted by molar-refractivity contribution is -0.110. The Hall–Kier alpha value is -1.68. The molecule has 0 aromatic heterocycles. The van der Waals surface area contributed by atoms with E-state index in [0.717, 1.165) is 16.4 Å². The number of fused-ring (bicyclic) bond motifs is 3. The van der Waals surface area contributed by atoms with Crippen molar-refractivity contribution in [3.63, 3.8) is 0 Å². The molecule has 0 radical (unpaired) electrons. The first-order chi connectivity index (χ1) is 10.8. The zero-order chi connectivity index (χ0) is 16.9. The van der Waals surface area contributed by atoms with Gasteiger partial charge >= 0.3 is 0 Å². The van der Waals surface area contributed by atoms with Gasteiger partial charge < -0.3 is 10.5 Å². The number of nitrogens with one attached hydrogen (secondary N) is 1. The zero-order valence-corrected chi connectivity index (χ0v) is 15.2. The Balaban J connectivity index is 0.00000208. The molecule has 1 aromatic carbocycles. The molecular formula is C14H19ClN4O4S. The molecule has 1 aromatic rings. The van der Waals surface area contributed by atoms with E-state index < -0.39 is 15.9 Å². The van der Waals surface area contributed by atoms with Crippen molar-refractivity contribution in [3.8, 4) is 0 Å². The molecule has 0 aliphatic carbocycles. The number of halogens is 1. The molecule has 0 atom stereocenters. The number of nitrogens with zero attached hydrogens (tertiary/aromatic N) is 3. The molecule has 10 heteroatoms. The number of carbonyl (C=O) groups is 1. The van der Waals surface area contributed by atoms with Crippen LogP contribution in [0.2, 0.25) is 0 Å². The Morgan fingerprint density at radius 1 is 1.33 bits per heavy atom. The number of anilines is 1. The Bertz CT molecular complexity index is 836. The third-order valence-corrected chi connectivity index (χ3v) is 6.17. The smallest absolute Gasteiger partial charge is 0.278 e. The highest BCUT2D eigenvalue weighted by Gasteiger charge is 2.37. The molecule has 1 amide bonds. The maximum absolute atomic E-state index is 12.7. The first kappa shape index (κ1) is 18.7. The van der Waals surface area contributed by atoms with Gasteiger partial charge in [-0.2, -0.15) is 0 Å². The minimum Gasteiger partial charge on any atom is -0.410 e. The second kappa shape index (κ2) is 6.32. The number of benzene rings is 1. The standard InChI is InChI=1S/C14H18N4O4S.ClH/c1-4-18-6-9-10(7-18)12-8(13(16-20)14(19)15-12)5-11(9)23(21,22)17(2)3;/h5,20H,4,6-7H2,1-3H3,(H,15,16,19);1H. The molecule has 2 aliphatic heterocycles. The normalized spacial score (nSPS) is 18.5. The summed E-state index contributed by atoms with van der Waals surface area (Å²) in [5, 5.41) is 14.8. The number of amides is 1. The summed E-state index contributed by atoms with van der Waals surface area (Å²) in [5.41, 5.74) is 2.18. The summed E-state index contributed by atoms with van der Waals surface area (Å²) >= 11 is 0. The highest BCUT2D eigenvalue weighted by atomic mass is 35.5. The van der Waals surface area contributed by atoms with Crippen molar-refractivity contribution in [2.75, 3.05) is 26.0 Å². The zero-order valence-electron chi connectivity index (χ0n) is 13.5. The van der Waals surface area contributed by atoms with Crippen LogP contribution >= 0.6 is 12.4 Å². The molecule has 0 spiro atoms. The predicted octanol–water partition coefficient (Wildman–Crippen LogP) is 0.825. The second-order valence-electron chi connectivity index (χ2n) is 5.75. The molecule has 132 valence electrons. The third-order valence-electron chi connectivity index (χ3n) is 4.29. The molecule has 8 nitrogen and oxygen atoms in total. The summed E-state index contributed by atoms with van der Waals surface area (Å²) < 4.78 is 26.5. The van der Waals surface area contributed by atoms with E-state index in [9.17, 15) is 13.2 Å². The second-order valence-corrected chi connectivity index (χ2v) is 7.87. The van der Waals surface area contributed by atoms with Gasteiger partial charge in [-0.05, 0) is 23.7 Å². The first-order valence-corrected chi connectivity index (χ1v) is 8.62. The fourth-order valence-corrected chi connectivity index (χ4v) is 4.14. The SMILES string of the molecule is CCN1Cc2c(S(=O)(=O)N(C)C)cc3c(c2C1)NC(=O)/C3=N\O.Cl. The van der Waals surface area contributed by atoms with Gasteiger partial charge in [0.05, 0.1) is 10.6 Å². The summed E-state index contributed by atoms with van der Waals surface area (Å²) in [6.07, 6.45) is 0. The molecule has 2 aliphatic rings. The van der Waals surface area contributed by atoms with Crippen molar-refractivity contribution < 1.29 is 18.4 Å². The van der Waals surface area contributed by atoms with Gasteiger partial charge in [-0.3, -0.25) is 9.69 Å². The van der Waals surface area contributed by atoms with E-state index in [1.165, 1.54) is 20.2 Å². The number of rotatable bonds is 3. The van der Waals surface area contributed by atoms with Crippen molar-refractivity contribution in [1.29, 1.82) is 0 Å². The van der Waals surface area contributed by atoms with Gasteiger partial charge in [-0.1, -0.05) is 12.1 Å². The summed E-state index contributed by atoms with van der Waals surface area (Å²) in [4.78, 5) is 14.2. The first-order valence-electron chi connectivity index (χ1n) is 7.18. The minimum atomic E-state index is -3.67. The van der Waals surface area contributed by atoms with Gasteiger partial charge in [0, 0.05) is 32.7 Å². The molecule has 0 fully saturated rings. The predicted molar refractivity (Wildman–Crippen MR) is 91.3 cm³/mol. The maximum atomic E-state index is 12.7. The Labute approximate surface area is 146 Å². The van der Waals surface area contributed by atoms with Crippen LogP contribution in [0.3, 0.4) is 0 Å². The van der Waals surface area contributed by atoms with Gasteiger partial charge in [0.15, 0.2) is 5.71 Å². The molecule has 2 heterocycles. The molecular weight excluding hydrogens is 356 g/mol. The number of hydrogen-bond acceptors (Lipinski definition) is 6. The van der Waals surface area contributed by atoms with E-state index in [-0.39, 0.29) is 23.0 Å². The van der Waals surface area contributed by atoms with Gasteiger partial charge in [0.2, 0.25) is 10.0 Å². The molecule has 0 saturated carbocycles. The lowest BCUT2D eigenvalue weighted by Crippen LogP contribution is -2.24. The molecule has 0 unspecified atom stereocenters. The number of hydrogen-bond donors (Lipinski definition) is 2. The quantitative estimate of drug-likeness (QED) is 0.602.